The maximum atomic E-state index is 13.0. The van der Waals surface area contributed by atoms with Gasteiger partial charge in [0.15, 0.2) is 16.5 Å². The molecule has 0 bridgehead atoms. The van der Waals surface area contributed by atoms with Crippen LogP contribution in [0.3, 0.4) is 0 Å². The van der Waals surface area contributed by atoms with Crippen LogP contribution in [0.15, 0.2) is 36.5 Å². The topological polar surface area (TPSA) is 51.5 Å². The van der Waals surface area contributed by atoms with E-state index in [0.29, 0.717) is 16.7 Å². The van der Waals surface area contributed by atoms with E-state index in [1.54, 1.807) is 19.2 Å². The Labute approximate surface area is 140 Å². The number of rotatable bonds is 4. The number of nitrogens with zero attached hydrogens (tertiary/aromatic N) is 3. The molecule has 24 heavy (non-hydrogen) atoms. The van der Waals surface area contributed by atoms with Crippen LogP contribution in [0.1, 0.15) is 11.3 Å². The lowest BCUT2D eigenvalue weighted by atomic mass is 10.2. The summed E-state index contributed by atoms with van der Waals surface area (Å²) in [6, 6.07) is 8.72. The molecule has 0 saturated carbocycles. The van der Waals surface area contributed by atoms with Gasteiger partial charge in [-0.2, -0.15) is 18.3 Å². The number of aromatic nitrogens is 3. The minimum Gasteiger partial charge on any atom is -0.497 e. The van der Waals surface area contributed by atoms with Crippen LogP contribution in [0.5, 0.6) is 5.75 Å². The van der Waals surface area contributed by atoms with Gasteiger partial charge in [-0.25, -0.2) is 9.50 Å². The largest absolute Gasteiger partial charge is 0.497 e. The number of halogens is 4. The molecule has 0 fully saturated rings. The lowest BCUT2D eigenvalue weighted by Crippen LogP contribution is -2.11. The minimum absolute atomic E-state index is 0.0558. The monoisotopic (exact) mass is 356 g/mol. The van der Waals surface area contributed by atoms with E-state index in [0.717, 1.165) is 17.5 Å². The highest BCUT2D eigenvalue weighted by Gasteiger charge is 2.35. The van der Waals surface area contributed by atoms with Crippen LogP contribution in [0.25, 0.3) is 5.65 Å². The predicted molar refractivity (Wildman–Crippen MR) is 83.3 cm³/mol. The van der Waals surface area contributed by atoms with Crippen molar-refractivity contribution in [2.45, 2.75) is 12.7 Å². The Kier molecular flexibility index (Phi) is 4.23. The van der Waals surface area contributed by atoms with Crippen molar-refractivity contribution in [3.8, 4) is 5.75 Å². The van der Waals surface area contributed by atoms with Gasteiger partial charge in [0.05, 0.1) is 19.0 Å². The maximum Gasteiger partial charge on any atom is 0.435 e. The molecule has 0 amide bonds. The van der Waals surface area contributed by atoms with E-state index in [9.17, 15) is 13.2 Å². The number of methoxy groups -OCH3 is 1. The normalized spacial score (nSPS) is 11.7. The fourth-order valence-corrected chi connectivity index (χ4v) is 2.39. The van der Waals surface area contributed by atoms with E-state index in [1.165, 1.54) is 6.07 Å². The zero-order valence-corrected chi connectivity index (χ0v) is 13.2. The number of benzene rings is 1. The van der Waals surface area contributed by atoms with Gasteiger partial charge in [-0.15, -0.1) is 0 Å². The van der Waals surface area contributed by atoms with Crippen LogP contribution in [-0.4, -0.2) is 21.7 Å². The molecule has 0 saturated heterocycles. The molecule has 126 valence electrons. The molecule has 9 heteroatoms. The number of hydrogen-bond acceptors (Lipinski definition) is 4. The molecule has 0 aliphatic rings. The van der Waals surface area contributed by atoms with Gasteiger partial charge < -0.3 is 10.1 Å². The van der Waals surface area contributed by atoms with Gasteiger partial charge in [-0.3, -0.25) is 0 Å². The summed E-state index contributed by atoms with van der Waals surface area (Å²) in [5, 5.41) is 6.65. The van der Waals surface area contributed by atoms with Crippen LogP contribution in [0.2, 0.25) is 5.15 Å². The third-order valence-electron chi connectivity index (χ3n) is 3.37. The Morgan fingerprint density at radius 1 is 1.25 bits per heavy atom. The van der Waals surface area contributed by atoms with Gasteiger partial charge in [0.2, 0.25) is 0 Å². The number of nitrogens with one attached hydrogen (secondary N) is 1. The molecule has 0 atom stereocenters. The molecule has 5 nitrogen and oxygen atoms in total. The Hall–Kier alpha value is -2.48. The average molecular weight is 357 g/mol. The first-order valence-corrected chi connectivity index (χ1v) is 7.24. The standard InChI is InChI=1S/C15H12ClF3N4O/c1-24-10-4-2-9(3-5-10)7-20-11-6-13(16)22-23-12(15(17,18)19)8-21-14(11)23/h2-6,8,20H,7H2,1H3. The molecule has 0 spiro atoms. The fourth-order valence-electron chi connectivity index (χ4n) is 2.20. The predicted octanol–water partition coefficient (Wildman–Crippen LogP) is 4.02. The molecule has 0 aliphatic carbocycles. The lowest BCUT2D eigenvalue weighted by Gasteiger charge is -2.10. The van der Waals surface area contributed by atoms with Crippen molar-refractivity contribution in [1.29, 1.82) is 0 Å². The number of fused-ring (bicyclic) bond motifs is 1. The molecule has 0 aliphatic heterocycles. The zero-order chi connectivity index (χ0) is 17.3. The van der Waals surface area contributed by atoms with Gasteiger partial charge in [-0.1, -0.05) is 23.7 Å². The Morgan fingerprint density at radius 3 is 2.58 bits per heavy atom. The quantitative estimate of drug-likeness (QED) is 0.767. The smallest absolute Gasteiger partial charge is 0.435 e. The summed E-state index contributed by atoms with van der Waals surface area (Å²) >= 11 is 5.84. The van der Waals surface area contributed by atoms with Crippen molar-refractivity contribution in [3.05, 3.63) is 52.9 Å². The number of alkyl halides is 3. The van der Waals surface area contributed by atoms with Crippen LogP contribution in [0.4, 0.5) is 18.9 Å². The summed E-state index contributed by atoms with van der Waals surface area (Å²) in [6.07, 6.45) is -3.83. The van der Waals surface area contributed by atoms with Crippen molar-refractivity contribution >= 4 is 22.9 Å². The molecule has 3 rings (SSSR count). The van der Waals surface area contributed by atoms with Crippen LogP contribution < -0.4 is 10.1 Å². The number of imidazole rings is 1. The maximum absolute atomic E-state index is 13.0. The second kappa shape index (κ2) is 6.20. The van der Waals surface area contributed by atoms with Crippen LogP contribution >= 0.6 is 11.6 Å². The molecule has 1 aromatic carbocycles. The lowest BCUT2D eigenvalue weighted by molar-refractivity contribution is -0.142. The van der Waals surface area contributed by atoms with E-state index in [1.807, 2.05) is 12.1 Å². The molecule has 3 aromatic rings. The van der Waals surface area contributed by atoms with Crippen molar-refractivity contribution in [3.63, 3.8) is 0 Å². The molecular weight excluding hydrogens is 345 g/mol. The molecular formula is C15H12ClF3N4O. The zero-order valence-electron chi connectivity index (χ0n) is 12.4. The van der Waals surface area contributed by atoms with Gasteiger partial charge in [0.1, 0.15) is 5.75 Å². The van der Waals surface area contributed by atoms with Crippen molar-refractivity contribution in [1.82, 2.24) is 14.6 Å². The second-order valence-electron chi connectivity index (χ2n) is 4.96. The van der Waals surface area contributed by atoms with Crippen LogP contribution in [0, 0.1) is 0 Å². The van der Waals surface area contributed by atoms with Gasteiger partial charge in [0.25, 0.3) is 0 Å². The molecule has 2 heterocycles. The molecule has 0 unspecified atom stereocenters. The number of anilines is 1. The summed E-state index contributed by atoms with van der Waals surface area (Å²) in [7, 11) is 1.57. The molecule has 2 aromatic heterocycles. The van der Waals surface area contributed by atoms with Gasteiger partial charge in [0, 0.05) is 12.6 Å². The van der Waals surface area contributed by atoms with Crippen molar-refractivity contribution < 1.29 is 17.9 Å². The number of hydrogen-bond donors (Lipinski definition) is 1. The van der Waals surface area contributed by atoms with E-state index >= 15 is 0 Å². The summed E-state index contributed by atoms with van der Waals surface area (Å²) in [5.74, 6) is 0.719. The van der Waals surface area contributed by atoms with Gasteiger partial charge >= 0.3 is 6.18 Å². The highest BCUT2D eigenvalue weighted by Crippen LogP contribution is 2.31. The van der Waals surface area contributed by atoms with E-state index < -0.39 is 11.9 Å². The first kappa shape index (κ1) is 16.4. The fraction of sp³-hybridized carbons (Fsp3) is 0.200. The summed E-state index contributed by atoms with van der Waals surface area (Å²) in [6.45, 7) is 0.383. The summed E-state index contributed by atoms with van der Waals surface area (Å²) in [4.78, 5) is 3.81. The third kappa shape index (κ3) is 3.23. The van der Waals surface area contributed by atoms with Gasteiger partial charge in [-0.05, 0) is 17.7 Å². The highest BCUT2D eigenvalue weighted by molar-refractivity contribution is 6.29. The minimum atomic E-state index is -4.57. The summed E-state index contributed by atoms with van der Waals surface area (Å²) < 4.78 is 44.6. The Bertz CT molecular complexity index is 862. The second-order valence-corrected chi connectivity index (χ2v) is 5.35. The van der Waals surface area contributed by atoms with Crippen molar-refractivity contribution in [2.24, 2.45) is 0 Å². The van der Waals surface area contributed by atoms with E-state index in [-0.39, 0.29) is 10.8 Å². The first-order chi connectivity index (χ1) is 11.4. The number of ether oxygens (including phenoxy) is 1. The molecule has 1 N–H and O–H groups in total. The average Bonchev–Trinajstić information content (AvgIpc) is 2.97. The van der Waals surface area contributed by atoms with Crippen molar-refractivity contribution in [2.75, 3.05) is 12.4 Å². The Balaban J connectivity index is 1.90. The molecule has 0 radical (unpaired) electrons. The first-order valence-electron chi connectivity index (χ1n) is 6.87. The van der Waals surface area contributed by atoms with E-state index in [4.69, 9.17) is 16.3 Å². The highest BCUT2D eigenvalue weighted by atomic mass is 35.5. The van der Waals surface area contributed by atoms with E-state index in [2.05, 4.69) is 15.4 Å². The Morgan fingerprint density at radius 2 is 1.96 bits per heavy atom. The van der Waals surface area contributed by atoms with Crippen LogP contribution in [-0.2, 0) is 12.7 Å². The SMILES string of the molecule is COc1ccc(CNc2cc(Cl)nn3c(C(F)(F)F)cnc23)cc1. The summed E-state index contributed by atoms with van der Waals surface area (Å²) in [5.41, 5.74) is 0.360. The third-order valence-corrected chi connectivity index (χ3v) is 3.55.